The maximum atomic E-state index is 11.9. The van der Waals surface area contributed by atoms with Crippen molar-refractivity contribution in [2.45, 2.75) is 25.0 Å². The minimum Gasteiger partial charge on any atom is -0.466 e. The van der Waals surface area contributed by atoms with Gasteiger partial charge in [0.15, 0.2) is 0 Å². The Morgan fingerprint density at radius 1 is 1.47 bits per heavy atom. The van der Waals surface area contributed by atoms with E-state index in [0.717, 1.165) is 11.3 Å². The molecular formula is C14H17NO3S. The molecule has 1 heterocycles. The molecule has 4 nitrogen and oxygen atoms in total. The first-order chi connectivity index (χ1) is 9.11. The number of ether oxygens (including phenoxy) is 1. The minimum absolute atomic E-state index is 0.0521. The third-order valence-electron chi connectivity index (χ3n) is 3.03. The molecule has 1 atom stereocenters. The van der Waals surface area contributed by atoms with Crippen molar-refractivity contribution in [1.82, 2.24) is 0 Å². The Balaban J connectivity index is 2.21. The van der Waals surface area contributed by atoms with Gasteiger partial charge >= 0.3 is 5.97 Å². The standard InChI is InChI=1S/C14H17NO3S/c1-2-18-14(17)7-10-5-3-4-6-12(10)15-9-11(19)8-13(15)16/h3-6,11,19H,2,7-9H2,1H3. The second-order valence-corrected chi connectivity index (χ2v) is 5.20. The summed E-state index contributed by atoms with van der Waals surface area (Å²) in [5, 5.41) is 0.0585. The van der Waals surface area contributed by atoms with Gasteiger partial charge in [-0.05, 0) is 18.6 Å². The van der Waals surface area contributed by atoms with Gasteiger partial charge < -0.3 is 9.64 Å². The van der Waals surface area contributed by atoms with Crippen LogP contribution in [-0.4, -0.2) is 30.3 Å². The van der Waals surface area contributed by atoms with E-state index < -0.39 is 0 Å². The van der Waals surface area contributed by atoms with Crippen LogP contribution in [0.1, 0.15) is 18.9 Å². The zero-order chi connectivity index (χ0) is 13.8. The summed E-state index contributed by atoms with van der Waals surface area (Å²) in [6, 6.07) is 7.43. The molecule has 1 fully saturated rings. The van der Waals surface area contributed by atoms with Gasteiger partial charge in [-0.15, -0.1) is 0 Å². The van der Waals surface area contributed by atoms with Crippen LogP contribution in [0.2, 0.25) is 0 Å². The van der Waals surface area contributed by atoms with E-state index in [9.17, 15) is 9.59 Å². The average Bonchev–Trinajstić information content (AvgIpc) is 2.69. The third-order valence-corrected chi connectivity index (χ3v) is 3.37. The second-order valence-electron chi connectivity index (χ2n) is 4.47. The summed E-state index contributed by atoms with van der Waals surface area (Å²) < 4.78 is 4.95. The average molecular weight is 279 g/mol. The summed E-state index contributed by atoms with van der Waals surface area (Å²) in [4.78, 5) is 25.2. The summed E-state index contributed by atoms with van der Waals surface area (Å²) >= 11 is 4.34. The number of carbonyl (C=O) groups is 2. The highest BCUT2D eigenvalue weighted by Gasteiger charge is 2.29. The van der Waals surface area contributed by atoms with E-state index in [4.69, 9.17) is 4.74 Å². The van der Waals surface area contributed by atoms with Crippen LogP contribution >= 0.6 is 12.6 Å². The fourth-order valence-electron chi connectivity index (χ4n) is 2.21. The molecule has 0 radical (unpaired) electrons. The summed E-state index contributed by atoms with van der Waals surface area (Å²) in [5.41, 5.74) is 1.61. The number of hydrogen-bond acceptors (Lipinski definition) is 4. The number of thiol groups is 1. The number of esters is 1. The van der Waals surface area contributed by atoms with Crippen LogP contribution in [0.4, 0.5) is 5.69 Å². The first kappa shape index (κ1) is 13.9. The lowest BCUT2D eigenvalue weighted by molar-refractivity contribution is -0.142. The Morgan fingerprint density at radius 2 is 2.21 bits per heavy atom. The van der Waals surface area contributed by atoms with Gasteiger partial charge in [-0.2, -0.15) is 12.6 Å². The van der Waals surface area contributed by atoms with E-state index in [1.54, 1.807) is 11.8 Å². The van der Waals surface area contributed by atoms with Crippen molar-refractivity contribution in [2.75, 3.05) is 18.1 Å². The predicted octanol–water partition coefficient (Wildman–Crippen LogP) is 1.83. The Labute approximate surface area is 118 Å². The van der Waals surface area contributed by atoms with Crippen LogP contribution in [-0.2, 0) is 20.7 Å². The highest BCUT2D eigenvalue weighted by molar-refractivity contribution is 7.81. The SMILES string of the molecule is CCOC(=O)Cc1ccccc1N1CC(S)CC1=O. The lowest BCUT2D eigenvalue weighted by atomic mass is 10.1. The first-order valence-corrected chi connectivity index (χ1v) is 6.85. The van der Waals surface area contributed by atoms with Gasteiger partial charge in [0.25, 0.3) is 0 Å². The molecule has 1 aliphatic rings. The van der Waals surface area contributed by atoms with Crippen LogP contribution in [0.3, 0.4) is 0 Å². The van der Waals surface area contributed by atoms with E-state index in [2.05, 4.69) is 12.6 Å². The summed E-state index contributed by atoms with van der Waals surface area (Å²) in [7, 11) is 0. The Kier molecular flexibility index (Phi) is 4.47. The fraction of sp³-hybridized carbons (Fsp3) is 0.429. The van der Waals surface area contributed by atoms with Crippen molar-refractivity contribution < 1.29 is 14.3 Å². The highest BCUT2D eigenvalue weighted by Crippen LogP contribution is 2.27. The molecule has 5 heteroatoms. The summed E-state index contributed by atoms with van der Waals surface area (Å²) in [5.74, 6) is -0.222. The zero-order valence-corrected chi connectivity index (χ0v) is 11.7. The van der Waals surface area contributed by atoms with Gasteiger partial charge in [-0.1, -0.05) is 18.2 Å². The molecular weight excluding hydrogens is 262 g/mol. The van der Waals surface area contributed by atoms with Crippen LogP contribution in [0.15, 0.2) is 24.3 Å². The Morgan fingerprint density at radius 3 is 2.84 bits per heavy atom. The highest BCUT2D eigenvalue weighted by atomic mass is 32.1. The molecule has 0 spiro atoms. The molecule has 0 N–H and O–H groups in total. The lowest BCUT2D eigenvalue weighted by Gasteiger charge is -2.19. The molecule has 1 aromatic carbocycles. The van der Waals surface area contributed by atoms with Gasteiger partial charge in [0.1, 0.15) is 0 Å². The zero-order valence-electron chi connectivity index (χ0n) is 10.8. The number of para-hydroxylation sites is 1. The van der Waals surface area contributed by atoms with Crippen molar-refractivity contribution in [1.29, 1.82) is 0 Å². The molecule has 1 aromatic rings. The van der Waals surface area contributed by atoms with Crippen molar-refractivity contribution >= 4 is 30.2 Å². The molecule has 1 saturated heterocycles. The molecule has 0 saturated carbocycles. The quantitative estimate of drug-likeness (QED) is 0.675. The normalized spacial score (nSPS) is 18.7. The molecule has 1 aliphatic heterocycles. The Hall–Kier alpha value is -1.49. The van der Waals surface area contributed by atoms with Crippen molar-refractivity contribution in [3.8, 4) is 0 Å². The number of anilines is 1. The minimum atomic E-state index is -0.274. The Bertz CT molecular complexity index is 489. The summed E-state index contributed by atoms with van der Waals surface area (Å²) in [6.07, 6.45) is 0.627. The molecule has 2 rings (SSSR count). The second kappa shape index (κ2) is 6.10. The van der Waals surface area contributed by atoms with E-state index in [1.165, 1.54) is 0 Å². The van der Waals surface area contributed by atoms with Crippen LogP contribution in [0.5, 0.6) is 0 Å². The van der Waals surface area contributed by atoms with E-state index in [-0.39, 0.29) is 23.5 Å². The van der Waals surface area contributed by atoms with E-state index in [0.29, 0.717) is 19.6 Å². The number of carbonyl (C=O) groups excluding carboxylic acids is 2. The smallest absolute Gasteiger partial charge is 0.310 e. The van der Waals surface area contributed by atoms with Gasteiger partial charge in [0.2, 0.25) is 5.91 Å². The first-order valence-electron chi connectivity index (χ1n) is 6.33. The summed E-state index contributed by atoms with van der Waals surface area (Å²) in [6.45, 7) is 2.73. The largest absolute Gasteiger partial charge is 0.466 e. The van der Waals surface area contributed by atoms with E-state index in [1.807, 2.05) is 24.3 Å². The third kappa shape index (κ3) is 3.29. The number of amides is 1. The molecule has 0 aromatic heterocycles. The predicted molar refractivity (Wildman–Crippen MR) is 76.5 cm³/mol. The van der Waals surface area contributed by atoms with Gasteiger partial charge in [-0.3, -0.25) is 9.59 Å². The van der Waals surface area contributed by atoms with Gasteiger partial charge in [0, 0.05) is 23.9 Å². The topological polar surface area (TPSA) is 46.6 Å². The van der Waals surface area contributed by atoms with Crippen molar-refractivity contribution in [3.63, 3.8) is 0 Å². The maximum absolute atomic E-state index is 11.9. The molecule has 1 unspecified atom stereocenters. The van der Waals surface area contributed by atoms with Gasteiger partial charge in [0.05, 0.1) is 13.0 Å². The molecule has 0 bridgehead atoms. The maximum Gasteiger partial charge on any atom is 0.310 e. The number of nitrogens with zero attached hydrogens (tertiary/aromatic N) is 1. The molecule has 19 heavy (non-hydrogen) atoms. The van der Waals surface area contributed by atoms with Crippen LogP contribution < -0.4 is 4.90 Å². The van der Waals surface area contributed by atoms with Gasteiger partial charge in [-0.25, -0.2) is 0 Å². The van der Waals surface area contributed by atoms with Crippen LogP contribution in [0.25, 0.3) is 0 Å². The van der Waals surface area contributed by atoms with Crippen molar-refractivity contribution in [2.24, 2.45) is 0 Å². The molecule has 102 valence electrons. The number of hydrogen-bond donors (Lipinski definition) is 1. The molecule has 0 aliphatic carbocycles. The molecule has 1 amide bonds. The number of rotatable bonds is 4. The fourth-order valence-corrected chi connectivity index (χ4v) is 2.53. The number of benzene rings is 1. The van der Waals surface area contributed by atoms with Crippen LogP contribution in [0, 0.1) is 0 Å². The monoisotopic (exact) mass is 279 g/mol. The van der Waals surface area contributed by atoms with E-state index >= 15 is 0 Å². The lowest BCUT2D eigenvalue weighted by Crippen LogP contribution is -2.26. The van der Waals surface area contributed by atoms with Crippen molar-refractivity contribution in [3.05, 3.63) is 29.8 Å².